The highest BCUT2D eigenvalue weighted by atomic mass is 32.2. The van der Waals surface area contributed by atoms with Gasteiger partial charge in [0.05, 0.1) is 6.42 Å². The average Bonchev–Trinajstić information content (AvgIpc) is 2.67. The van der Waals surface area contributed by atoms with E-state index in [2.05, 4.69) is 24.4 Å². The molecule has 176 valence electrons. The minimum Gasteiger partial charge on any atom is -0.481 e. The molecule has 0 aliphatic carbocycles. The lowest BCUT2D eigenvalue weighted by Crippen LogP contribution is -2.41. The highest BCUT2D eigenvalue weighted by Crippen LogP contribution is 2.10. The van der Waals surface area contributed by atoms with E-state index in [-0.39, 0.29) is 6.54 Å². The van der Waals surface area contributed by atoms with Gasteiger partial charge in [0.25, 0.3) is 10.1 Å². The molecular formula is C22H41NO6S. The van der Waals surface area contributed by atoms with E-state index < -0.39 is 33.7 Å². The second kappa shape index (κ2) is 18.4. The number of carbonyl (C=O) groups is 2. The Morgan fingerprint density at radius 3 is 1.77 bits per heavy atom. The number of amides is 1. The number of rotatable bonds is 20. The summed E-state index contributed by atoms with van der Waals surface area (Å²) in [6.07, 6.45) is 20.0. The predicted octanol–water partition coefficient (Wildman–Crippen LogP) is 4.87. The van der Waals surface area contributed by atoms with Crippen LogP contribution in [-0.2, 0) is 19.7 Å². The summed E-state index contributed by atoms with van der Waals surface area (Å²) in [6.45, 7) is 2.51. The summed E-state index contributed by atoms with van der Waals surface area (Å²) in [5, 5.41) is 9.10. The lowest BCUT2D eigenvalue weighted by atomic mass is 10.1. The molecule has 0 rings (SSSR count). The van der Waals surface area contributed by atoms with Gasteiger partial charge in [0.2, 0.25) is 5.91 Å². The largest absolute Gasteiger partial charge is 0.481 e. The maximum Gasteiger partial charge on any atom is 0.305 e. The molecule has 0 spiro atoms. The zero-order chi connectivity index (χ0) is 22.7. The van der Waals surface area contributed by atoms with Crippen LogP contribution in [0.3, 0.4) is 0 Å². The van der Waals surface area contributed by atoms with E-state index >= 15 is 0 Å². The zero-order valence-corrected chi connectivity index (χ0v) is 19.3. The van der Waals surface area contributed by atoms with Crippen molar-refractivity contribution in [1.82, 2.24) is 5.32 Å². The number of nitrogens with one attached hydrogen (secondary N) is 1. The van der Waals surface area contributed by atoms with Gasteiger partial charge in [-0.3, -0.25) is 14.1 Å². The van der Waals surface area contributed by atoms with Gasteiger partial charge in [-0.15, -0.1) is 0 Å². The molecule has 1 unspecified atom stereocenters. The average molecular weight is 448 g/mol. The lowest BCUT2D eigenvalue weighted by Gasteiger charge is -2.12. The molecule has 1 atom stereocenters. The highest BCUT2D eigenvalue weighted by Gasteiger charge is 2.33. The van der Waals surface area contributed by atoms with Crippen LogP contribution in [0.1, 0.15) is 103 Å². The summed E-state index contributed by atoms with van der Waals surface area (Å²) >= 11 is 0. The van der Waals surface area contributed by atoms with Gasteiger partial charge in [0.15, 0.2) is 5.25 Å². The number of carboxylic acid groups (broad SMARTS) is 1. The van der Waals surface area contributed by atoms with Crippen molar-refractivity contribution in [2.75, 3.05) is 6.54 Å². The second-order valence-electron chi connectivity index (χ2n) is 7.83. The van der Waals surface area contributed by atoms with Crippen molar-refractivity contribution in [1.29, 1.82) is 0 Å². The molecule has 3 N–H and O–H groups in total. The summed E-state index contributed by atoms with van der Waals surface area (Å²) in [6, 6.07) is 0. The maximum absolute atomic E-state index is 11.8. The fourth-order valence-corrected chi connectivity index (χ4v) is 3.90. The molecule has 8 heteroatoms. The van der Waals surface area contributed by atoms with E-state index in [1.165, 1.54) is 51.4 Å². The van der Waals surface area contributed by atoms with E-state index in [1.54, 1.807) is 0 Å². The first kappa shape index (κ1) is 28.6. The van der Waals surface area contributed by atoms with Crippen LogP contribution in [0, 0.1) is 0 Å². The van der Waals surface area contributed by atoms with Crippen LogP contribution in [0.4, 0.5) is 0 Å². The number of unbranched alkanes of at least 4 members (excludes halogenated alkanes) is 12. The first-order valence-corrected chi connectivity index (χ1v) is 12.9. The SMILES string of the molecule is CCCCCCCC/C=C\CCCCCCCCNC(=O)C(CC(=O)O)S(=O)(=O)O. The molecular weight excluding hydrogens is 406 g/mol. The Kier molecular flexibility index (Phi) is 17.5. The van der Waals surface area contributed by atoms with Crippen molar-refractivity contribution >= 4 is 22.0 Å². The van der Waals surface area contributed by atoms with E-state index in [0.29, 0.717) is 6.42 Å². The third-order valence-electron chi connectivity index (χ3n) is 5.00. The van der Waals surface area contributed by atoms with Crippen molar-refractivity contribution < 1.29 is 27.7 Å². The third-order valence-corrected chi connectivity index (χ3v) is 6.10. The molecule has 0 saturated carbocycles. The Bertz CT molecular complexity index is 588. The number of hydrogen-bond donors (Lipinski definition) is 3. The molecule has 0 bridgehead atoms. The molecule has 0 saturated heterocycles. The van der Waals surface area contributed by atoms with Gasteiger partial charge in [-0.1, -0.05) is 76.9 Å². The smallest absolute Gasteiger partial charge is 0.305 e. The first-order valence-electron chi connectivity index (χ1n) is 11.4. The Morgan fingerprint density at radius 1 is 0.833 bits per heavy atom. The van der Waals surface area contributed by atoms with Gasteiger partial charge in [-0.25, -0.2) is 0 Å². The van der Waals surface area contributed by atoms with Crippen molar-refractivity contribution in [3.8, 4) is 0 Å². The van der Waals surface area contributed by atoms with Crippen LogP contribution in [0.15, 0.2) is 12.2 Å². The van der Waals surface area contributed by atoms with Crippen molar-refractivity contribution in [2.24, 2.45) is 0 Å². The van der Waals surface area contributed by atoms with Gasteiger partial charge in [0, 0.05) is 6.54 Å². The van der Waals surface area contributed by atoms with Crippen LogP contribution in [0.25, 0.3) is 0 Å². The molecule has 7 nitrogen and oxygen atoms in total. The fraction of sp³-hybridized carbons (Fsp3) is 0.818. The molecule has 0 aliphatic heterocycles. The van der Waals surface area contributed by atoms with E-state index in [9.17, 15) is 18.0 Å². The van der Waals surface area contributed by atoms with Gasteiger partial charge >= 0.3 is 5.97 Å². The van der Waals surface area contributed by atoms with Crippen molar-refractivity contribution in [3.05, 3.63) is 12.2 Å². The Labute approximate surface area is 182 Å². The predicted molar refractivity (Wildman–Crippen MR) is 120 cm³/mol. The van der Waals surface area contributed by atoms with Gasteiger partial charge in [-0.05, 0) is 32.1 Å². The molecule has 0 fully saturated rings. The van der Waals surface area contributed by atoms with Crippen LogP contribution < -0.4 is 5.32 Å². The summed E-state index contributed by atoms with van der Waals surface area (Å²) < 4.78 is 31.2. The molecule has 0 heterocycles. The minimum absolute atomic E-state index is 0.269. The first-order chi connectivity index (χ1) is 14.3. The number of allylic oxidation sites excluding steroid dienone is 2. The quantitative estimate of drug-likeness (QED) is 0.139. The molecule has 0 radical (unpaired) electrons. The Balaban J connectivity index is 3.58. The standard InChI is InChI=1S/C22H41NO6S/c1-2-3-4-5-6-7-8-9-10-11-12-13-14-15-16-17-18-23-22(26)20(19-21(24)25)30(27,28)29/h9-10,20H,2-8,11-19H2,1H3,(H,23,26)(H,24,25)(H,27,28,29)/b10-9-. The second-order valence-corrected chi connectivity index (χ2v) is 9.43. The molecule has 0 aromatic heterocycles. The van der Waals surface area contributed by atoms with Crippen LogP contribution in [0.5, 0.6) is 0 Å². The summed E-state index contributed by atoms with van der Waals surface area (Å²) in [5.41, 5.74) is 0. The highest BCUT2D eigenvalue weighted by molar-refractivity contribution is 7.87. The molecule has 30 heavy (non-hydrogen) atoms. The van der Waals surface area contributed by atoms with E-state index in [4.69, 9.17) is 9.66 Å². The molecule has 0 aromatic rings. The Morgan fingerprint density at radius 2 is 1.30 bits per heavy atom. The summed E-state index contributed by atoms with van der Waals surface area (Å²) in [4.78, 5) is 22.4. The lowest BCUT2D eigenvalue weighted by molar-refractivity contribution is -0.138. The third kappa shape index (κ3) is 17.4. The number of carbonyl (C=O) groups excluding carboxylic acids is 1. The van der Waals surface area contributed by atoms with Gasteiger partial charge in [-0.2, -0.15) is 8.42 Å². The molecule has 0 aliphatic rings. The van der Waals surface area contributed by atoms with E-state index in [0.717, 1.165) is 32.1 Å². The van der Waals surface area contributed by atoms with E-state index in [1.807, 2.05) is 0 Å². The topological polar surface area (TPSA) is 121 Å². The minimum atomic E-state index is -4.73. The number of aliphatic carboxylic acids is 1. The van der Waals surface area contributed by atoms with Crippen LogP contribution in [0.2, 0.25) is 0 Å². The molecule has 0 aromatic carbocycles. The normalized spacial score (nSPS) is 12.9. The zero-order valence-electron chi connectivity index (χ0n) is 18.5. The maximum atomic E-state index is 11.8. The van der Waals surface area contributed by atoms with Crippen molar-refractivity contribution in [3.63, 3.8) is 0 Å². The number of carboxylic acids is 1. The Hall–Kier alpha value is -1.41. The van der Waals surface area contributed by atoms with Gasteiger partial charge in [0.1, 0.15) is 0 Å². The van der Waals surface area contributed by atoms with Crippen LogP contribution in [-0.4, -0.2) is 41.7 Å². The fourth-order valence-electron chi connectivity index (χ4n) is 3.19. The van der Waals surface area contributed by atoms with Crippen molar-refractivity contribution in [2.45, 2.75) is 108 Å². The van der Waals surface area contributed by atoms with Gasteiger partial charge < -0.3 is 10.4 Å². The van der Waals surface area contributed by atoms with Crippen LogP contribution >= 0.6 is 0 Å². The monoisotopic (exact) mass is 447 g/mol. The summed E-state index contributed by atoms with van der Waals surface area (Å²) in [5.74, 6) is -2.42. The number of hydrogen-bond acceptors (Lipinski definition) is 4. The summed E-state index contributed by atoms with van der Waals surface area (Å²) in [7, 11) is -4.73. The molecule has 1 amide bonds.